The summed E-state index contributed by atoms with van der Waals surface area (Å²) in [6, 6.07) is 5.60. The van der Waals surface area contributed by atoms with Gasteiger partial charge in [-0.3, -0.25) is 0 Å². The van der Waals surface area contributed by atoms with Crippen LogP contribution in [0.1, 0.15) is 6.92 Å². The average Bonchev–Trinajstić information content (AvgIpc) is 1.91. The molecule has 0 saturated heterocycles. The van der Waals surface area contributed by atoms with Crippen molar-refractivity contribution in [1.29, 1.82) is 0 Å². The third-order valence-electron chi connectivity index (χ3n) is 0.968. The van der Waals surface area contributed by atoms with Gasteiger partial charge in [-0.05, 0) is 19.1 Å². The SMILES string of the molecule is CCNc1ccc[c]n1. The maximum absolute atomic E-state index is 3.93. The molecule has 0 aliphatic heterocycles. The second-order valence-corrected chi connectivity index (χ2v) is 1.68. The van der Waals surface area contributed by atoms with Crippen molar-refractivity contribution < 1.29 is 0 Å². The van der Waals surface area contributed by atoms with Crippen LogP contribution in [0.25, 0.3) is 0 Å². The molecule has 1 heterocycles. The van der Waals surface area contributed by atoms with Gasteiger partial charge in [-0.1, -0.05) is 6.07 Å². The summed E-state index contributed by atoms with van der Waals surface area (Å²) in [7, 11) is 0. The van der Waals surface area contributed by atoms with E-state index in [-0.39, 0.29) is 0 Å². The minimum Gasteiger partial charge on any atom is -0.370 e. The van der Waals surface area contributed by atoms with E-state index in [4.69, 9.17) is 0 Å². The highest BCUT2D eigenvalue weighted by atomic mass is 15.0. The van der Waals surface area contributed by atoms with E-state index in [1.807, 2.05) is 19.1 Å². The summed E-state index contributed by atoms with van der Waals surface area (Å²) in [6.07, 6.45) is 2.73. The van der Waals surface area contributed by atoms with E-state index in [0.717, 1.165) is 12.4 Å². The van der Waals surface area contributed by atoms with Crippen LogP contribution in [-0.4, -0.2) is 11.5 Å². The Balaban J connectivity index is 2.61. The first-order valence-corrected chi connectivity index (χ1v) is 3.00. The molecule has 9 heavy (non-hydrogen) atoms. The van der Waals surface area contributed by atoms with Gasteiger partial charge < -0.3 is 5.32 Å². The molecule has 0 aliphatic rings. The summed E-state index contributed by atoms with van der Waals surface area (Å²) in [4.78, 5) is 3.93. The van der Waals surface area contributed by atoms with Crippen LogP contribution in [-0.2, 0) is 0 Å². The van der Waals surface area contributed by atoms with Crippen molar-refractivity contribution in [2.24, 2.45) is 0 Å². The molecule has 0 fully saturated rings. The predicted molar refractivity (Wildman–Crippen MR) is 37.2 cm³/mol. The van der Waals surface area contributed by atoms with Crippen molar-refractivity contribution in [2.45, 2.75) is 6.92 Å². The fourth-order valence-corrected chi connectivity index (χ4v) is 0.606. The van der Waals surface area contributed by atoms with E-state index in [0.29, 0.717) is 0 Å². The van der Waals surface area contributed by atoms with Crippen LogP contribution in [0, 0.1) is 6.20 Å². The van der Waals surface area contributed by atoms with Gasteiger partial charge >= 0.3 is 0 Å². The Bertz CT molecular complexity index is 160. The molecule has 1 N–H and O–H groups in total. The van der Waals surface area contributed by atoms with Crippen molar-refractivity contribution in [3.05, 3.63) is 24.4 Å². The average molecular weight is 121 g/mol. The molecule has 1 rings (SSSR count). The predicted octanol–water partition coefficient (Wildman–Crippen LogP) is 1.31. The van der Waals surface area contributed by atoms with Crippen molar-refractivity contribution >= 4 is 5.82 Å². The minimum atomic E-state index is 0.889. The van der Waals surface area contributed by atoms with Gasteiger partial charge in [-0.15, -0.1) is 0 Å². The van der Waals surface area contributed by atoms with E-state index < -0.39 is 0 Å². The van der Waals surface area contributed by atoms with Crippen LogP contribution in [0.5, 0.6) is 0 Å². The molecule has 2 nitrogen and oxygen atoms in total. The van der Waals surface area contributed by atoms with E-state index in [9.17, 15) is 0 Å². The lowest BCUT2D eigenvalue weighted by atomic mass is 10.5. The topological polar surface area (TPSA) is 24.9 Å². The summed E-state index contributed by atoms with van der Waals surface area (Å²) < 4.78 is 0. The normalized spacial score (nSPS) is 9.00. The monoisotopic (exact) mass is 121 g/mol. The molecular formula is C7H9N2. The van der Waals surface area contributed by atoms with Gasteiger partial charge in [-0.25, -0.2) is 4.98 Å². The van der Waals surface area contributed by atoms with E-state index in [1.54, 1.807) is 6.07 Å². The van der Waals surface area contributed by atoms with Crippen molar-refractivity contribution in [1.82, 2.24) is 4.98 Å². The molecule has 0 amide bonds. The molecule has 0 saturated carbocycles. The van der Waals surface area contributed by atoms with Crippen LogP contribution in [0.2, 0.25) is 0 Å². The Morgan fingerprint density at radius 1 is 1.78 bits per heavy atom. The largest absolute Gasteiger partial charge is 0.370 e. The zero-order valence-corrected chi connectivity index (χ0v) is 5.39. The summed E-state index contributed by atoms with van der Waals surface area (Å²) >= 11 is 0. The number of pyridine rings is 1. The third kappa shape index (κ3) is 1.72. The lowest BCUT2D eigenvalue weighted by Crippen LogP contribution is -1.97. The highest BCUT2D eigenvalue weighted by Gasteiger charge is 1.83. The molecule has 0 bridgehead atoms. The second kappa shape index (κ2) is 3.07. The third-order valence-corrected chi connectivity index (χ3v) is 0.968. The zero-order valence-electron chi connectivity index (χ0n) is 5.39. The Labute approximate surface area is 54.9 Å². The van der Waals surface area contributed by atoms with Crippen molar-refractivity contribution in [3.8, 4) is 0 Å². The van der Waals surface area contributed by atoms with Gasteiger partial charge in [0.2, 0.25) is 0 Å². The molecule has 47 valence electrons. The lowest BCUT2D eigenvalue weighted by Gasteiger charge is -1.97. The second-order valence-electron chi connectivity index (χ2n) is 1.68. The molecule has 1 aromatic heterocycles. The minimum absolute atomic E-state index is 0.889. The van der Waals surface area contributed by atoms with Crippen LogP contribution in [0.15, 0.2) is 18.2 Å². The molecule has 0 atom stereocenters. The fraction of sp³-hybridized carbons (Fsp3) is 0.286. The molecular weight excluding hydrogens is 112 g/mol. The molecule has 1 radical (unpaired) electrons. The van der Waals surface area contributed by atoms with Gasteiger partial charge in [0.25, 0.3) is 0 Å². The van der Waals surface area contributed by atoms with Crippen LogP contribution in [0.3, 0.4) is 0 Å². The van der Waals surface area contributed by atoms with Crippen LogP contribution in [0.4, 0.5) is 5.82 Å². The first-order chi connectivity index (χ1) is 4.43. The maximum Gasteiger partial charge on any atom is 0.126 e. The quantitative estimate of drug-likeness (QED) is 0.638. The number of nitrogens with one attached hydrogen (secondary N) is 1. The van der Waals surface area contributed by atoms with Crippen LogP contribution < -0.4 is 5.32 Å². The first-order valence-electron chi connectivity index (χ1n) is 3.00. The highest BCUT2D eigenvalue weighted by Crippen LogP contribution is 1.96. The van der Waals surface area contributed by atoms with Crippen molar-refractivity contribution in [2.75, 3.05) is 11.9 Å². The maximum atomic E-state index is 3.93. The molecule has 0 spiro atoms. The van der Waals surface area contributed by atoms with Crippen LogP contribution >= 0.6 is 0 Å². The highest BCUT2D eigenvalue weighted by molar-refractivity contribution is 5.32. The van der Waals surface area contributed by atoms with Gasteiger partial charge in [0, 0.05) is 6.54 Å². The number of nitrogens with zero attached hydrogens (tertiary/aromatic N) is 1. The van der Waals surface area contributed by atoms with E-state index in [2.05, 4.69) is 16.5 Å². The number of rotatable bonds is 2. The Morgan fingerprint density at radius 3 is 3.22 bits per heavy atom. The Kier molecular flexibility index (Phi) is 2.07. The molecule has 0 aliphatic carbocycles. The molecule has 1 aromatic rings. The fourth-order valence-electron chi connectivity index (χ4n) is 0.606. The summed E-state index contributed by atoms with van der Waals surface area (Å²) in [5.41, 5.74) is 0. The molecule has 2 heteroatoms. The molecule has 0 aromatic carbocycles. The zero-order chi connectivity index (χ0) is 6.53. The standard InChI is InChI=1S/C7H9N2/c1-2-8-7-5-3-4-6-9-7/h3-5H,2H2,1H3,(H,8,9). The Morgan fingerprint density at radius 2 is 2.67 bits per heavy atom. The smallest absolute Gasteiger partial charge is 0.126 e. The summed E-state index contributed by atoms with van der Waals surface area (Å²) in [6.45, 7) is 2.94. The Hall–Kier alpha value is -1.05. The lowest BCUT2D eigenvalue weighted by molar-refractivity contribution is 1.16. The first kappa shape index (κ1) is 6.08. The number of aromatic nitrogens is 1. The van der Waals surface area contributed by atoms with Gasteiger partial charge in [0.15, 0.2) is 0 Å². The van der Waals surface area contributed by atoms with E-state index in [1.165, 1.54) is 0 Å². The molecule has 0 unspecified atom stereocenters. The summed E-state index contributed by atoms with van der Waals surface area (Å²) in [5.74, 6) is 0.889. The van der Waals surface area contributed by atoms with Crippen molar-refractivity contribution in [3.63, 3.8) is 0 Å². The van der Waals surface area contributed by atoms with Gasteiger partial charge in [-0.2, -0.15) is 0 Å². The van der Waals surface area contributed by atoms with Gasteiger partial charge in [0.05, 0.1) is 6.20 Å². The van der Waals surface area contributed by atoms with E-state index >= 15 is 0 Å². The summed E-state index contributed by atoms with van der Waals surface area (Å²) in [5, 5.41) is 3.07. The number of anilines is 1. The number of hydrogen-bond acceptors (Lipinski definition) is 2. The number of hydrogen-bond donors (Lipinski definition) is 1. The van der Waals surface area contributed by atoms with Gasteiger partial charge in [0.1, 0.15) is 5.82 Å².